The average Bonchev–Trinajstić information content (AvgIpc) is 3.59. The first-order valence-corrected chi connectivity index (χ1v) is 13.5. The zero-order valence-corrected chi connectivity index (χ0v) is 22.9. The summed E-state index contributed by atoms with van der Waals surface area (Å²) >= 11 is 0. The molecular formula is C27H40N8O5. The number of carboxylic acid groups (broad SMARTS) is 1. The second kappa shape index (κ2) is 14.3. The van der Waals surface area contributed by atoms with Crippen LogP contribution in [0, 0.1) is 5.92 Å². The molecule has 0 spiro atoms. The number of hydrogen-bond donors (Lipinski definition) is 8. The Labute approximate surface area is 232 Å². The summed E-state index contributed by atoms with van der Waals surface area (Å²) in [4.78, 5) is 58.5. The maximum atomic E-state index is 13.3. The van der Waals surface area contributed by atoms with E-state index in [0.717, 1.165) is 29.4 Å². The summed E-state index contributed by atoms with van der Waals surface area (Å²) < 4.78 is 0. The fraction of sp³-hybridized carbons (Fsp3) is 0.519. The lowest BCUT2D eigenvalue weighted by Gasteiger charge is -2.27. The van der Waals surface area contributed by atoms with E-state index in [0.29, 0.717) is 12.8 Å². The molecule has 3 rings (SSSR count). The Morgan fingerprint density at radius 2 is 1.82 bits per heavy atom. The molecule has 1 aromatic heterocycles. The number of guanidine groups is 1. The minimum Gasteiger partial charge on any atom is -0.480 e. The molecule has 40 heavy (non-hydrogen) atoms. The number of carboxylic acids is 1. The van der Waals surface area contributed by atoms with E-state index in [9.17, 15) is 24.3 Å². The predicted octanol–water partition coefficient (Wildman–Crippen LogP) is -0.289. The molecule has 1 aliphatic heterocycles. The Bertz CT molecular complexity index is 1220. The van der Waals surface area contributed by atoms with Crippen molar-refractivity contribution in [2.45, 2.75) is 70.1 Å². The van der Waals surface area contributed by atoms with Crippen LogP contribution >= 0.6 is 0 Å². The Kier molecular flexibility index (Phi) is 10.9. The monoisotopic (exact) mass is 556 g/mol. The van der Waals surface area contributed by atoms with Crippen molar-refractivity contribution >= 4 is 40.6 Å². The van der Waals surface area contributed by atoms with E-state index in [4.69, 9.17) is 11.5 Å². The van der Waals surface area contributed by atoms with Crippen molar-refractivity contribution in [1.82, 2.24) is 26.3 Å². The largest absolute Gasteiger partial charge is 0.480 e. The van der Waals surface area contributed by atoms with Gasteiger partial charge < -0.3 is 42.8 Å². The Morgan fingerprint density at radius 1 is 1.07 bits per heavy atom. The van der Waals surface area contributed by atoms with E-state index >= 15 is 0 Å². The van der Waals surface area contributed by atoms with Gasteiger partial charge >= 0.3 is 5.97 Å². The van der Waals surface area contributed by atoms with Gasteiger partial charge in [-0.15, -0.1) is 0 Å². The van der Waals surface area contributed by atoms with Gasteiger partial charge in [0.15, 0.2) is 5.96 Å². The maximum absolute atomic E-state index is 13.3. The lowest BCUT2D eigenvalue weighted by molar-refractivity contribution is -0.142. The molecule has 0 radical (unpaired) electrons. The van der Waals surface area contributed by atoms with Crippen LogP contribution in [0.2, 0.25) is 0 Å². The highest BCUT2D eigenvalue weighted by molar-refractivity contribution is 5.94. The van der Waals surface area contributed by atoms with E-state index in [1.807, 2.05) is 24.3 Å². The topological polar surface area (TPSA) is 217 Å². The molecule has 10 N–H and O–H groups in total. The van der Waals surface area contributed by atoms with E-state index in [-0.39, 0.29) is 37.2 Å². The number of aromatic nitrogens is 1. The summed E-state index contributed by atoms with van der Waals surface area (Å²) in [5.41, 5.74) is 12.4. The highest BCUT2D eigenvalue weighted by Gasteiger charge is 2.33. The second-order valence-electron chi connectivity index (χ2n) is 10.4. The first-order chi connectivity index (χ1) is 19.1. The van der Waals surface area contributed by atoms with Crippen molar-refractivity contribution < 1.29 is 24.3 Å². The van der Waals surface area contributed by atoms with Gasteiger partial charge in [0.25, 0.3) is 0 Å². The van der Waals surface area contributed by atoms with Crippen LogP contribution in [0.4, 0.5) is 0 Å². The molecule has 3 amide bonds. The number of para-hydroxylation sites is 1. The van der Waals surface area contributed by atoms with Crippen molar-refractivity contribution in [3.05, 3.63) is 36.0 Å². The molecule has 2 aromatic rings. The van der Waals surface area contributed by atoms with Crippen molar-refractivity contribution in [2.75, 3.05) is 13.1 Å². The summed E-state index contributed by atoms with van der Waals surface area (Å²) in [6.07, 6.45) is 3.96. The number of aromatic amines is 1. The number of amides is 3. The molecule has 0 bridgehead atoms. The summed E-state index contributed by atoms with van der Waals surface area (Å²) in [5, 5.41) is 21.9. The SMILES string of the molecule is CC(C)C(NC(=O)C(CCCN=C(N)N)NC(=O)C1CCCN1)C(=O)NC(Cc1c[nH]c2ccccc12)C(=O)O. The molecule has 1 aromatic carbocycles. The van der Waals surface area contributed by atoms with Crippen LogP contribution in [0.3, 0.4) is 0 Å². The number of benzene rings is 1. The van der Waals surface area contributed by atoms with Gasteiger partial charge in [-0.2, -0.15) is 0 Å². The standard InChI is InChI=1S/C27H40N8O5/c1-15(2)22(25(38)34-21(26(39)40)13-16-14-32-18-8-4-3-7-17(16)18)35-24(37)20(10-6-12-31-27(28)29)33-23(36)19-9-5-11-30-19/h3-4,7-8,14-15,19-22,30,32H,5-6,9-13H2,1-2H3,(H,33,36)(H,34,38)(H,35,37)(H,39,40)(H4,28,29,31). The van der Waals surface area contributed by atoms with Crippen LogP contribution in [0.15, 0.2) is 35.5 Å². The van der Waals surface area contributed by atoms with E-state index in [2.05, 4.69) is 31.2 Å². The average molecular weight is 557 g/mol. The van der Waals surface area contributed by atoms with Gasteiger partial charge in [0.1, 0.15) is 18.1 Å². The van der Waals surface area contributed by atoms with Crippen LogP contribution in [-0.4, -0.2) is 77.0 Å². The Morgan fingerprint density at radius 3 is 2.48 bits per heavy atom. The van der Waals surface area contributed by atoms with Gasteiger partial charge in [-0.3, -0.25) is 19.4 Å². The number of nitrogens with two attached hydrogens (primary N) is 2. The quantitative estimate of drug-likeness (QED) is 0.0876. The van der Waals surface area contributed by atoms with Gasteiger partial charge in [0.05, 0.1) is 6.04 Å². The molecule has 1 fully saturated rings. The van der Waals surface area contributed by atoms with Crippen molar-refractivity contribution in [2.24, 2.45) is 22.4 Å². The number of nitrogens with one attached hydrogen (secondary N) is 5. The second-order valence-corrected chi connectivity index (χ2v) is 10.4. The highest BCUT2D eigenvalue weighted by Crippen LogP contribution is 2.19. The predicted molar refractivity (Wildman–Crippen MR) is 151 cm³/mol. The normalized spacial score (nSPS) is 17.1. The molecular weight excluding hydrogens is 516 g/mol. The van der Waals surface area contributed by atoms with Gasteiger partial charge in [0, 0.05) is 30.1 Å². The summed E-state index contributed by atoms with van der Waals surface area (Å²) in [6, 6.07) is 3.92. The van der Waals surface area contributed by atoms with Crippen LogP contribution in [0.25, 0.3) is 10.9 Å². The Balaban J connectivity index is 1.69. The van der Waals surface area contributed by atoms with Crippen LogP contribution in [0.1, 0.15) is 45.1 Å². The number of fused-ring (bicyclic) bond motifs is 1. The summed E-state index contributed by atoms with van der Waals surface area (Å²) in [5.74, 6) is -3.10. The van der Waals surface area contributed by atoms with E-state index in [1.54, 1.807) is 20.0 Å². The smallest absolute Gasteiger partial charge is 0.326 e. The lowest BCUT2D eigenvalue weighted by atomic mass is 10.00. The number of hydrogen-bond acceptors (Lipinski definition) is 6. The van der Waals surface area contributed by atoms with Crippen LogP contribution in [0.5, 0.6) is 0 Å². The number of H-pyrrole nitrogens is 1. The number of aliphatic carboxylic acids is 1. The number of carbonyl (C=O) groups is 4. The van der Waals surface area contributed by atoms with Crippen LogP contribution in [-0.2, 0) is 25.6 Å². The molecule has 13 nitrogen and oxygen atoms in total. The van der Waals surface area contributed by atoms with Gasteiger partial charge in [-0.25, -0.2) is 4.79 Å². The zero-order valence-electron chi connectivity index (χ0n) is 22.9. The minimum atomic E-state index is -1.21. The third-order valence-electron chi connectivity index (χ3n) is 6.92. The Hall–Kier alpha value is -4.13. The molecule has 1 aliphatic rings. The highest BCUT2D eigenvalue weighted by atomic mass is 16.4. The summed E-state index contributed by atoms with van der Waals surface area (Å²) in [6.45, 7) is 4.48. The molecule has 0 saturated carbocycles. The maximum Gasteiger partial charge on any atom is 0.326 e. The number of aliphatic imine (C=N–C) groups is 1. The van der Waals surface area contributed by atoms with Crippen molar-refractivity contribution in [3.8, 4) is 0 Å². The molecule has 4 atom stereocenters. The molecule has 0 aliphatic carbocycles. The fourth-order valence-electron chi connectivity index (χ4n) is 4.72. The van der Waals surface area contributed by atoms with E-state index < -0.39 is 42.0 Å². The minimum absolute atomic E-state index is 0.0573. The fourth-order valence-corrected chi connectivity index (χ4v) is 4.72. The number of carbonyl (C=O) groups excluding carboxylic acids is 3. The molecule has 13 heteroatoms. The van der Waals surface area contributed by atoms with Gasteiger partial charge in [0.2, 0.25) is 17.7 Å². The molecule has 2 heterocycles. The third kappa shape index (κ3) is 8.43. The first-order valence-electron chi connectivity index (χ1n) is 13.5. The zero-order chi connectivity index (χ0) is 29.2. The third-order valence-corrected chi connectivity index (χ3v) is 6.92. The van der Waals surface area contributed by atoms with Crippen LogP contribution < -0.4 is 32.7 Å². The lowest BCUT2D eigenvalue weighted by Crippen LogP contribution is -2.58. The van der Waals surface area contributed by atoms with Gasteiger partial charge in [-0.1, -0.05) is 32.0 Å². The molecule has 218 valence electrons. The number of rotatable bonds is 14. The number of nitrogens with zero attached hydrogens (tertiary/aromatic N) is 1. The van der Waals surface area contributed by atoms with Crippen molar-refractivity contribution in [3.63, 3.8) is 0 Å². The molecule has 4 unspecified atom stereocenters. The van der Waals surface area contributed by atoms with Gasteiger partial charge in [-0.05, 0) is 49.8 Å². The first kappa shape index (κ1) is 30.4. The summed E-state index contributed by atoms with van der Waals surface area (Å²) in [7, 11) is 0. The molecule has 1 saturated heterocycles. The van der Waals surface area contributed by atoms with E-state index in [1.165, 1.54) is 0 Å². The van der Waals surface area contributed by atoms with Crippen molar-refractivity contribution in [1.29, 1.82) is 0 Å².